The molecule has 0 spiro atoms. The third-order valence-electron chi connectivity index (χ3n) is 2.82. The first-order chi connectivity index (χ1) is 5.74. The minimum absolute atomic E-state index is 0.717. The lowest BCUT2D eigenvalue weighted by atomic mass is 10.1. The van der Waals surface area contributed by atoms with Crippen LogP contribution in [0.4, 0.5) is 0 Å². The smallest absolute Gasteiger partial charge is 0.00644 e. The summed E-state index contributed by atoms with van der Waals surface area (Å²) in [5, 5.41) is 0. The normalized spacial score (nSPS) is 20.0. The van der Waals surface area contributed by atoms with Crippen LogP contribution in [0.1, 0.15) is 32.6 Å². The van der Waals surface area contributed by atoms with E-state index in [1.807, 2.05) is 0 Å². The molecule has 0 aromatic heterocycles. The number of hydrogen-bond donors (Lipinski definition) is 1. The van der Waals surface area contributed by atoms with E-state index >= 15 is 0 Å². The Kier molecular flexibility index (Phi) is 4.02. The summed E-state index contributed by atoms with van der Waals surface area (Å²) < 4.78 is 0. The van der Waals surface area contributed by atoms with Gasteiger partial charge in [0.1, 0.15) is 0 Å². The highest BCUT2D eigenvalue weighted by Gasteiger charge is 2.24. The van der Waals surface area contributed by atoms with Crippen molar-refractivity contribution in [3.05, 3.63) is 0 Å². The molecule has 0 bridgehead atoms. The third kappa shape index (κ3) is 3.55. The average Bonchev–Trinajstić information content (AvgIpc) is 2.83. The Morgan fingerprint density at radius 1 is 1.50 bits per heavy atom. The lowest BCUT2D eigenvalue weighted by Gasteiger charge is -2.24. The number of rotatable bonds is 6. The highest BCUT2D eigenvalue weighted by molar-refractivity contribution is 4.78. The molecule has 1 fully saturated rings. The van der Waals surface area contributed by atoms with Gasteiger partial charge in [-0.05, 0) is 52.1 Å². The molecule has 1 unspecified atom stereocenters. The van der Waals surface area contributed by atoms with E-state index < -0.39 is 0 Å². The fourth-order valence-corrected chi connectivity index (χ4v) is 1.52. The molecule has 1 atom stereocenters. The number of hydrogen-bond acceptors (Lipinski definition) is 2. The first-order valence-corrected chi connectivity index (χ1v) is 5.14. The summed E-state index contributed by atoms with van der Waals surface area (Å²) >= 11 is 0. The zero-order chi connectivity index (χ0) is 8.97. The molecule has 1 aliphatic carbocycles. The Hall–Kier alpha value is -0.0800. The molecule has 0 amide bonds. The van der Waals surface area contributed by atoms with Crippen LogP contribution in [0.3, 0.4) is 0 Å². The van der Waals surface area contributed by atoms with Crippen LogP contribution in [0.5, 0.6) is 0 Å². The molecule has 0 aromatic carbocycles. The molecule has 1 aliphatic rings. The largest absolute Gasteiger partial charge is 0.330 e. The monoisotopic (exact) mass is 170 g/mol. The van der Waals surface area contributed by atoms with Crippen LogP contribution in [0.15, 0.2) is 0 Å². The zero-order valence-electron chi connectivity index (χ0n) is 8.42. The maximum absolute atomic E-state index is 5.47. The van der Waals surface area contributed by atoms with E-state index in [-0.39, 0.29) is 0 Å². The van der Waals surface area contributed by atoms with E-state index in [2.05, 4.69) is 18.9 Å². The van der Waals surface area contributed by atoms with Crippen LogP contribution in [0.2, 0.25) is 0 Å². The van der Waals surface area contributed by atoms with Gasteiger partial charge in [0.05, 0.1) is 0 Å². The predicted octanol–water partition coefficient (Wildman–Crippen LogP) is 1.46. The van der Waals surface area contributed by atoms with Crippen molar-refractivity contribution >= 4 is 0 Å². The minimum atomic E-state index is 0.717. The summed E-state index contributed by atoms with van der Waals surface area (Å²) in [4.78, 5) is 2.48. The molecule has 1 saturated carbocycles. The van der Waals surface area contributed by atoms with Gasteiger partial charge in [-0.15, -0.1) is 0 Å². The van der Waals surface area contributed by atoms with Crippen LogP contribution < -0.4 is 5.73 Å². The third-order valence-corrected chi connectivity index (χ3v) is 2.82. The Morgan fingerprint density at radius 2 is 2.17 bits per heavy atom. The fourth-order valence-electron chi connectivity index (χ4n) is 1.52. The van der Waals surface area contributed by atoms with E-state index in [0.29, 0.717) is 6.04 Å². The SMILES string of the molecule is CC(CCCN)N(C)CC1CC1. The summed E-state index contributed by atoms with van der Waals surface area (Å²) in [5.41, 5.74) is 5.47. The van der Waals surface area contributed by atoms with Gasteiger partial charge in [0.2, 0.25) is 0 Å². The first kappa shape index (κ1) is 10.0. The van der Waals surface area contributed by atoms with Crippen molar-refractivity contribution in [1.29, 1.82) is 0 Å². The molecular weight excluding hydrogens is 148 g/mol. The van der Waals surface area contributed by atoms with Crippen LogP contribution in [0.25, 0.3) is 0 Å². The highest BCUT2D eigenvalue weighted by Crippen LogP contribution is 2.29. The Bertz CT molecular complexity index is 121. The zero-order valence-corrected chi connectivity index (χ0v) is 8.42. The molecule has 0 radical (unpaired) electrons. The van der Waals surface area contributed by atoms with Crippen LogP contribution in [-0.2, 0) is 0 Å². The van der Waals surface area contributed by atoms with Gasteiger partial charge in [-0.3, -0.25) is 0 Å². The molecule has 12 heavy (non-hydrogen) atoms. The quantitative estimate of drug-likeness (QED) is 0.654. The van der Waals surface area contributed by atoms with Crippen LogP contribution >= 0.6 is 0 Å². The van der Waals surface area contributed by atoms with Gasteiger partial charge in [-0.1, -0.05) is 0 Å². The second-order valence-electron chi connectivity index (χ2n) is 4.16. The van der Waals surface area contributed by atoms with Gasteiger partial charge in [0.15, 0.2) is 0 Å². The van der Waals surface area contributed by atoms with E-state index in [1.54, 1.807) is 0 Å². The fraction of sp³-hybridized carbons (Fsp3) is 1.00. The van der Waals surface area contributed by atoms with Gasteiger partial charge in [0, 0.05) is 12.6 Å². The Labute approximate surface area is 76.1 Å². The van der Waals surface area contributed by atoms with Crippen molar-refractivity contribution < 1.29 is 0 Å². The molecule has 0 aromatic rings. The Balaban J connectivity index is 2.06. The van der Waals surface area contributed by atoms with Gasteiger partial charge in [-0.25, -0.2) is 0 Å². The van der Waals surface area contributed by atoms with E-state index in [9.17, 15) is 0 Å². The Morgan fingerprint density at radius 3 is 2.67 bits per heavy atom. The summed E-state index contributed by atoms with van der Waals surface area (Å²) in [6.45, 7) is 4.44. The first-order valence-electron chi connectivity index (χ1n) is 5.14. The molecular formula is C10H22N2. The highest BCUT2D eigenvalue weighted by atomic mass is 15.1. The van der Waals surface area contributed by atoms with Crippen molar-refractivity contribution in [2.24, 2.45) is 11.7 Å². The summed E-state index contributed by atoms with van der Waals surface area (Å²) in [6, 6.07) is 0.717. The van der Waals surface area contributed by atoms with E-state index in [0.717, 1.165) is 18.9 Å². The summed E-state index contributed by atoms with van der Waals surface area (Å²) in [7, 11) is 2.24. The molecule has 0 saturated heterocycles. The van der Waals surface area contributed by atoms with Gasteiger partial charge < -0.3 is 10.6 Å². The van der Waals surface area contributed by atoms with Gasteiger partial charge >= 0.3 is 0 Å². The van der Waals surface area contributed by atoms with Gasteiger partial charge in [-0.2, -0.15) is 0 Å². The molecule has 2 nitrogen and oxygen atoms in total. The average molecular weight is 170 g/mol. The maximum atomic E-state index is 5.47. The van der Waals surface area contributed by atoms with Crippen molar-refractivity contribution in [2.45, 2.75) is 38.6 Å². The molecule has 0 heterocycles. The topological polar surface area (TPSA) is 29.3 Å². The predicted molar refractivity (Wildman–Crippen MR) is 53.1 cm³/mol. The lowest BCUT2D eigenvalue weighted by Crippen LogP contribution is -2.31. The van der Waals surface area contributed by atoms with Crippen molar-refractivity contribution in [2.75, 3.05) is 20.1 Å². The second kappa shape index (κ2) is 4.83. The molecule has 0 aliphatic heterocycles. The number of nitrogens with two attached hydrogens (primary N) is 1. The van der Waals surface area contributed by atoms with Crippen molar-refractivity contribution in [3.8, 4) is 0 Å². The van der Waals surface area contributed by atoms with Crippen LogP contribution in [0, 0.1) is 5.92 Å². The van der Waals surface area contributed by atoms with Crippen molar-refractivity contribution in [3.63, 3.8) is 0 Å². The standard InChI is InChI=1S/C10H22N2/c1-9(4-3-7-11)12(2)8-10-5-6-10/h9-10H,3-8,11H2,1-2H3. The van der Waals surface area contributed by atoms with Crippen molar-refractivity contribution in [1.82, 2.24) is 4.90 Å². The summed E-state index contributed by atoms with van der Waals surface area (Å²) in [6.07, 6.45) is 5.32. The van der Waals surface area contributed by atoms with Crippen LogP contribution in [-0.4, -0.2) is 31.1 Å². The lowest BCUT2D eigenvalue weighted by molar-refractivity contribution is 0.234. The molecule has 72 valence electrons. The molecule has 2 N–H and O–H groups in total. The molecule has 2 heteroatoms. The van der Waals surface area contributed by atoms with E-state index in [1.165, 1.54) is 25.8 Å². The minimum Gasteiger partial charge on any atom is -0.330 e. The number of nitrogens with zero attached hydrogens (tertiary/aromatic N) is 1. The second-order valence-corrected chi connectivity index (χ2v) is 4.16. The maximum Gasteiger partial charge on any atom is 0.00644 e. The summed E-state index contributed by atoms with van der Waals surface area (Å²) in [5.74, 6) is 1.01. The van der Waals surface area contributed by atoms with E-state index in [4.69, 9.17) is 5.73 Å². The van der Waals surface area contributed by atoms with Gasteiger partial charge in [0.25, 0.3) is 0 Å². The molecule has 1 rings (SSSR count).